The number of amides is 2. The minimum atomic E-state index is -0.501. The molecule has 0 spiro atoms. The smallest absolute Gasteiger partial charge is 0.248 e. The summed E-state index contributed by atoms with van der Waals surface area (Å²) in [6.07, 6.45) is 1.58. The van der Waals surface area contributed by atoms with E-state index < -0.39 is 5.91 Å². The van der Waals surface area contributed by atoms with Gasteiger partial charge >= 0.3 is 0 Å². The van der Waals surface area contributed by atoms with E-state index in [0.29, 0.717) is 16.4 Å². The molecule has 1 aromatic heterocycles. The third-order valence-electron chi connectivity index (χ3n) is 2.76. The minimum absolute atomic E-state index is 0.158. The number of carbonyl (C=O) groups excluding carboxylic acids is 2. The zero-order chi connectivity index (χ0) is 15.4. The van der Waals surface area contributed by atoms with Crippen LogP contribution in [0.1, 0.15) is 17.3 Å². The number of primary amides is 1. The third kappa shape index (κ3) is 3.82. The van der Waals surface area contributed by atoms with E-state index in [4.69, 9.17) is 5.73 Å². The Bertz CT molecular complexity index is 653. The quantitative estimate of drug-likeness (QED) is 0.803. The fourth-order valence-corrected chi connectivity index (χ4v) is 2.34. The topological polar surface area (TPSA) is 103 Å². The molecule has 0 aliphatic rings. The molecule has 0 saturated carbocycles. The van der Waals surface area contributed by atoms with E-state index in [1.54, 1.807) is 42.1 Å². The predicted molar refractivity (Wildman–Crippen MR) is 79.9 cm³/mol. The van der Waals surface area contributed by atoms with Gasteiger partial charge in [-0.15, -0.1) is 10.2 Å². The van der Waals surface area contributed by atoms with E-state index in [1.807, 2.05) is 7.05 Å². The average Bonchev–Trinajstić information content (AvgIpc) is 2.84. The standard InChI is InChI=1S/C13H15N5O2S/c1-8(21-13-17-15-7-18(13)2)12(20)16-10-5-3-9(4-6-10)11(14)19/h3-8H,1-2H3,(H2,14,19)(H,16,20)/t8-/m1/s1. The second-order valence-corrected chi connectivity index (χ2v) is 5.72. The Hall–Kier alpha value is -2.35. The van der Waals surface area contributed by atoms with E-state index in [-0.39, 0.29) is 11.2 Å². The molecule has 21 heavy (non-hydrogen) atoms. The number of nitrogens with zero attached hydrogens (tertiary/aromatic N) is 3. The molecule has 8 heteroatoms. The van der Waals surface area contributed by atoms with Crippen molar-refractivity contribution in [2.75, 3.05) is 5.32 Å². The average molecular weight is 305 g/mol. The lowest BCUT2D eigenvalue weighted by Crippen LogP contribution is -2.23. The maximum Gasteiger partial charge on any atom is 0.248 e. The van der Waals surface area contributed by atoms with E-state index in [2.05, 4.69) is 15.5 Å². The lowest BCUT2D eigenvalue weighted by atomic mass is 10.2. The first-order valence-corrected chi connectivity index (χ1v) is 7.06. The van der Waals surface area contributed by atoms with Gasteiger partial charge in [-0.2, -0.15) is 0 Å². The van der Waals surface area contributed by atoms with Crippen molar-refractivity contribution in [3.05, 3.63) is 36.2 Å². The highest BCUT2D eigenvalue weighted by molar-refractivity contribution is 8.00. The van der Waals surface area contributed by atoms with Crippen molar-refractivity contribution in [1.82, 2.24) is 14.8 Å². The zero-order valence-corrected chi connectivity index (χ0v) is 12.4. The van der Waals surface area contributed by atoms with Crippen LogP contribution in [0, 0.1) is 0 Å². The molecule has 2 rings (SSSR count). The van der Waals surface area contributed by atoms with Crippen molar-refractivity contribution in [3.63, 3.8) is 0 Å². The Morgan fingerprint density at radius 3 is 2.52 bits per heavy atom. The Morgan fingerprint density at radius 1 is 1.33 bits per heavy atom. The number of rotatable bonds is 5. The maximum atomic E-state index is 12.1. The molecule has 0 bridgehead atoms. The van der Waals surface area contributed by atoms with E-state index in [1.165, 1.54) is 11.8 Å². The normalized spacial score (nSPS) is 11.9. The number of hydrogen-bond acceptors (Lipinski definition) is 5. The molecule has 7 nitrogen and oxygen atoms in total. The second-order valence-electron chi connectivity index (χ2n) is 4.42. The van der Waals surface area contributed by atoms with Gasteiger partial charge in [-0.05, 0) is 31.2 Å². The first-order chi connectivity index (χ1) is 9.97. The summed E-state index contributed by atoms with van der Waals surface area (Å²) in [5, 5.41) is 10.8. The van der Waals surface area contributed by atoms with Gasteiger partial charge in [-0.25, -0.2) is 0 Å². The molecule has 0 aliphatic heterocycles. The molecule has 0 radical (unpaired) electrons. The Morgan fingerprint density at radius 2 is 2.00 bits per heavy atom. The number of benzene rings is 1. The molecule has 0 aliphatic carbocycles. The van der Waals surface area contributed by atoms with Gasteiger partial charge in [0.05, 0.1) is 5.25 Å². The van der Waals surface area contributed by atoms with Crippen LogP contribution in [0.25, 0.3) is 0 Å². The number of thioether (sulfide) groups is 1. The number of hydrogen-bond donors (Lipinski definition) is 2. The van der Waals surface area contributed by atoms with Crippen molar-refractivity contribution in [1.29, 1.82) is 0 Å². The fourth-order valence-electron chi connectivity index (χ4n) is 1.55. The van der Waals surface area contributed by atoms with Crippen LogP contribution in [0.4, 0.5) is 5.69 Å². The maximum absolute atomic E-state index is 12.1. The summed E-state index contributed by atoms with van der Waals surface area (Å²) in [5.74, 6) is -0.658. The van der Waals surface area contributed by atoms with Gasteiger partial charge in [0, 0.05) is 18.3 Å². The van der Waals surface area contributed by atoms with Gasteiger partial charge in [0.1, 0.15) is 6.33 Å². The molecule has 110 valence electrons. The summed E-state index contributed by atoms with van der Waals surface area (Å²) in [7, 11) is 1.81. The molecule has 0 saturated heterocycles. The minimum Gasteiger partial charge on any atom is -0.366 e. The van der Waals surface area contributed by atoms with E-state index in [0.717, 1.165) is 0 Å². The van der Waals surface area contributed by atoms with E-state index >= 15 is 0 Å². The predicted octanol–water partition coefficient (Wildman–Crippen LogP) is 1.03. The molecular formula is C13H15N5O2S. The summed E-state index contributed by atoms with van der Waals surface area (Å²) in [4.78, 5) is 23.1. The number of aromatic nitrogens is 3. The van der Waals surface area contributed by atoms with Gasteiger partial charge in [0.15, 0.2) is 5.16 Å². The Balaban J connectivity index is 1.97. The molecule has 1 atom stereocenters. The molecule has 3 N–H and O–H groups in total. The Kier molecular flexibility index (Phi) is 4.59. The van der Waals surface area contributed by atoms with Crippen molar-refractivity contribution >= 4 is 29.3 Å². The summed E-state index contributed by atoms with van der Waals surface area (Å²) < 4.78 is 1.75. The van der Waals surface area contributed by atoms with Crippen LogP contribution in [-0.4, -0.2) is 31.8 Å². The molecule has 1 heterocycles. The third-order valence-corrected chi connectivity index (χ3v) is 3.91. The van der Waals surface area contributed by atoms with Crippen LogP contribution in [0.5, 0.6) is 0 Å². The van der Waals surface area contributed by atoms with Crippen LogP contribution < -0.4 is 11.1 Å². The SMILES string of the molecule is C[C@@H](Sc1nncn1C)C(=O)Nc1ccc(C(N)=O)cc1. The fraction of sp³-hybridized carbons (Fsp3) is 0.231. The lowest BCUT2D eigenvalue weighted by Gasteiger charge is -2.11. The van der Waals surface area contributed by atoms with Crippen LogP contribution in [0.15, 0.2) is 35.7 Å². The first-order valence-electron chi connectivity index (χ1n) is 6.18. The van der Waals surface area contributed by atoms with Crippen LogP contribution in [0.2, 0.25) is 0 Å². The second kappa shape index (κ2) is 6.40. The summed E-state index contributed by atoms with van der Waals surface area (Å²) in [6.45, 7) is 1.78. The van der Waals surface area contributed by atoms with Gasteiger partial charge in [-0.3, -0.25) is 9.59 Å². The van der Waals surface area contributed by atoms with Gasteiger partial charge in [0.25, 0.3) is 0 Å². The molecular weight excluding hydrogens is 290 g/mol. The number of nitrogens with one attached hydrogen (secondary N) is 1. The van der Waals surface area contributed by atoms with Crippen molar-refractivity contribution in [3.8, 4) is 0 Å². The molecule has 0 fully saturated rings. The molecule has 2 amide bonds. The van der Waals surface area contributed by atoms with Gasteiger partial charge in [0.2, 0.25) is 11.8 Å². The number of nitrogens with two attached hydrogens (primary N) is 1. The molecule has 1 aromatic carbocycles. The number of carbonyl (C=O) groups is 2. The highest BCUT2D eigenvalue weighted by Gasteiger charge is 2.17. The number of anilines is 1. The van der Waals surface area contributed by atoms with Gasteiger partial charge < -0.3 is 15.6 Å². The zero-order valence-electron chi connectivity index (χ0n) is 11.6. The monoisotopic (exact) mass is 305 g/mol. The Labute approximate surface area is 125 Å². The van der Waals surface area contributed by atoms with Crippen molar-refractivity contribution in [2.45, 2.75) is 17.3 Å². The summed E-state index contributed by atoms with van der Waals surface area (Å²) >= 11 is 1.32. The highest BCUT2D eigenvalue weighted by Crippen LogP contribution is 2.21. The largest absolute Gasteiger partial charge is 0.366 e. The highest BCUT2D eigenvalue weighted by atomic mass is 32.2. The number of aryl methyl sites for hydroxylation is 1. The van der Waals surface area contributed by atoms with Crippen LogP contribution >= 0.6 is 11.8 Å². The first kappa shape index (κ1) is 15.0. The molecule has 0 unspecified atom stereocenters. The van der Waals surface area contributed by atoms with Gasteiger partial charge in [-0.1, -0.05) is 11.8 Å². The lowest BCUT2D eigenvalue weighted by molar-refractivity contribution is -0.115. The van der Waals surface area contributed by atoms with E-state index in [9.17, 15) is 9.59 Å². The summed E-state index contributed by atoms with van der Waals surface area (Å²) in [6, 6.07) is 6.41. The summed E-state index contributed by atoms with van der Waals surface area (Å²) in [5.41, 5.74) is 6.16. The molecule has 2 aromatic rings. The van der Waals surface area contributed by atoms with Crippen molar-refractivity contribution < 1.29 is 9.59 Å². The van der Waals surface area contributed by atoms with Crippen LogP contribution in [-0.2, 0) is 11.8 Å². The van der Waals surface area contributed by atoms with Crippen LogP contribution in [0.3, 0.4) is 0 Å². The van der Waals surface area contributed by atoms with Crippen molar-refractivity contribution in [2.24, 2.45) is 12.8 Å².